The SMILES string of the molecule is COC(=O)[C@H]1N=C(c2ccc(OC)cc2)O[C@H]1c1ccc(OC(C)=O)cc1. The number of carbonyl (C=O) groups excluding carboxylic acids is 2. The number of ether oxygens (including phenoxy) is 4. The minimum atomic E-state index is -0.827. The van der Waals surface area contributed by atoms with Gasteiger partial charge >= 0.3 is 11.9 Å². The van der Waals surface area contributed by atoms with Gasteiger partial charge in [0.25, 0.3) is 0 Å². The fraction of sp³-hybridized carbons (Fsp3) is 0.250. The Hall–Kier alpha value is -3.35. The van der Waals surface area contributed by atoms with Gasteiger partial charge in [-0.15, -0.1) is 0 Å². The molecule has 2 aromatic carbocycles. The summed E-state index contributed by atoms with van der Waals surface area (Å²) in [4.78, 5) is 27.6. The molecule has 0 unspecified atom stereocenters. The van der Waals surface area contributed by atoms with Gasteiger partial charge in [-0.3, -0.25) is 4.79 Å². The first-order valence-electron chi connectivity index (χ1n) is 8.27. The van der Waals surface area contributed by atoms with Gasteiger partial charge in [-0.1, -0.05) is 12.1 Å². The third kappa shape index (κ3) is 4.08. The van der Waals surface area contributed by atoms with Crippen molar-refractivity contribution in [1.29, 1.82) is 0 Å². The van der Waals surface area contributed by atoms with E-state index in [0.29, 0.717) is 23.0 Å². The molecule has 0 bridgehead atoms. The Morgan fingerprint density at radius 1 is 0.963 bits per heavy atom. The van der Waals surface area contributed by atoms with Crippen LogP contribution in [0.15, 0.2) is 53.5 Å². The van der Waals surface area contributed by atoms with Crippen molar-refractivity contribution < 1.29 is 28.5 Å². The van der Waals surface area contributed by atoms with E-state index in [9.17, 15) is 9.59 Å². The molecule has 1 heterocycles. The van der Waals surface area contributed by atoms with Crippen molar-refractivity contribution >= 4 is 17.8 Å². The van der Waals surface area contributed by atoms with E-state index in [1.165, 1.54) is 14.0 Å². The van der Waals surface area contributed by atoms with Crippen molar-refractivity contribution in [3.05, 3.63) is 59.7 Å². The quantitative estimate of drug-likeness (QED) is 0.595. The second-order valence-electron chi connectivity index (χ2n) is 5.83. The minimum Gasteiger partial charge on any atom is -0.497 e. The molecular formula is C20H19NO6. The molecule has 0 spiro atoms. The number of benzene rings is 2. The van der Waals surface area contributed by atoms with Gasteiger partial charge in [-0.05, 0) is 42.0 Å². The largest absolute Gasteiger partial charge is 0.497 e. The molecule has 2 aromatic rings. The first-order chi connectivity index (χ1) is 13.0. The minimum absolute atomic E-state index is 0.349. The Morgan fingerprint density at radius 2 is 1.59 bits per heavy atom. The van der Waals surface area contributed by atoms with Crippen molar-refractivity contribution in [3.8, 4) is 11.5 Å². The molecule has 1 aliphatic heterocycles. The summed E-state index contributed by atoms with van der Waals surface area (Å²) in [7, 11) is 2.89. The molecule has 27 heavy (non-hydrogen) atoms. The number of aliphatic imine (C=N–C) groups is 1. The zero-order valence-electron chi connectivity index (χ0n) is 15.2. The van der Waals surface area contributed by atoms with Crippen LogP contribution in [-0.2, 0) is 19.1 Å². The van der Waals surface area contributed by atoms with Crippen molar-refractivity contribution in [1.82, 2.24) is 0 Å². The Labute approximate surface area is 156 Å². The number of rotatable bonds is 5. The van der Waals surface area contributed by atoms with Crippen molar-refractivity contribution in [2.24, 2.45) is 4.99 Å². The summed E-state index contributed by atoms with van der Waals surface area (Å²) in [5.74, 6) is 0.571. The van der Waals surface area contributed by atoms with Crippen molar-refractivity contribution in [2.75, 3.05) is 14.2 Å². The Balaban J connectivity index is 1.86. The standard InChI is InChI=1S/C20H19NO6/c1-12(22)26-16-10-4-13(5-11-16)18-17(20(23)25-3)21-19(27-18)14-6-8-15(24-2)9-7-14/h4-11,17-18H,1-3H3/t17-,18-/m0/s1. The second kappa shape index (κ2) is 7.90. The third-order valence-electron chi connectivity index (χ3n) is 4.03. The van der Waals surface area contributed by atoms with E-state index in [0.717, 1.165) is 5.56 Å². The molecule has 7 nitrogen and oxygen atoms in total. The van der Waals surface area contributed by atoms with Crippen LogP contribution in [0.1, 0.15) is 24.2 Å². The molecule has 0 amide bonds. The summed E-state index contributed by atoms with van der Waals surface area (Å²) in [6.45, 7) is 1.33. The lowest BCUT2D eigenvalue weighted by Crippen LogP contribution is -2.25. The fourth-order valence-corrected chi connectivity index (χ4v) is 2.72. The smallest absolute Gasteiger partial charge is 0.335 e. The number of esters is 2. The van der Waals surface area contributed by atoms with Gasteiger partial charge in [-0.25, -0.2) is 9.79 Å². The molecule has 0 aromatic heterocycles. The van der Waals surface area contributed by atoms with E-state index in [2.05, 4.69) is 4.99 Å². The highest BCUT2D eigenvalue weighted by Gasteiger charge is 2.38. The van der Waals surface area contributed by atoms with E-state index in [1.54, 1.807) is 55.6 Å². The van der Waals surface area contributed by atoms with Gasteiger partial charge < -0.3 is 18.9 Å². The molecule has 7 heteroatoms. The monoisotopic (exact) mass is 369 g/mol. The molecule has 0 aliphatic carbocycles. The van der Waals surface area contributed by atoms with Gasteiger partial charge in [0, 0.05) is 12.5 Å². The van der Waals surface area contributed by atoms with Crippen LogP contribution in [0.2, 0.25) is 0 Å². The zero-order valence-corrected chi connectivity index (χ0v) is 15.2. The third-order valence-corrected chi connectivity index (χ3v) is 4.03. The number of methoxy groups -OCH3 is 2. The lowest BCUT2D eigenvalue weighted by molar-refractivity contribution is -0.143. The number of hydrogen-bond donors (Lipinski definition) is 0. The highest BCUT2D eigenvalue weighted by Crippen LogP contribution is 2.33. The predicted molar refractivity (Wildman–Crippen MR) is 96.9 cm³/mol. The van der Waals surface area contributed by atoms with Gasteiger partial charge in [0.05, 0.1) is 14.2 Å². The maximum absolute atomic E-state index is 12.2. The lowest BCUT2D eigenvalue weighted by atomic mass is 10.0. The fourth-order valence-electron chi connectivity index (χ4n) is 2.72. The maximum atomic E-state index is 12.2. The van der Waals surface area contributed by atoms with Gasteiger partial charge in [-0.2, -0.15) is 0 Å². The van der Waals surface area contributed by atoms with Crippen LogP contribution in [0.4, 0.5) is 0 Å². The van der Waals surface area contributed by atoms with E-state index in [-0.39, 0.29) is 0 Å². The van der Waals surface area contributed by atoms with E-state index in [1.807, 2.05) is 0 Å². The predicted octanol–water partition coefficient (Wildman–Crippen LogP) is 2.68. The lowest BCUT2D eigenvalue weighted by Gasteiger charge is -2.17. The van der Waals surface area contributed by atoms with Gasteiger partial charge in [0.15, 0.2) is 12.1 Å². The van der Waals surface area contributed by atoms with Crippen LogP contribution in [0.25, 0.3) is 0 Å². The Bertz CT molecular complexity index is 857. The first kappa shape index (κ1) is 18.4. The molecule has 0 radical (unpaired) electrons. The molecule has 1 aliphatic rings. The Kier molecular flexibility index (Phi) is 5.40. The molecule has 140 valence electrons. The molecular weight excluding hydrogens is 350 g/mol. The highest BCUT2D eigenvalue weighted by molar-refractivity contribution is 5.98. The summed E-state index contributed by atoms with van der Waals surface area (Å²) in [5.41, 5.74) is 1.44. The van der Waals surface area contributed by atoms with Crippen LogP contribution in [0.3, 0.4) is 0 Å². The summed E-state index contributed by atoms with van der Waals surface area (Å²) < 4.78 is 21.0. The van der Waals surface area contributed by atoms with Crippen molar-refractivity contribution in [3.63, 3.8) is 0 Å². The molecule has 2 atom stereocenters. The zero-order chi connectivity index (χ0) is 19.4. The summed E-state index contributed by atoms with van der Waals surface area (Å²) in [6, 6.07) is 13.1. The highest BCUT2D eigenvalue weighted by atomic mass is 16.5. The molecule has 0 saturated heterocycles. The molecule has 0 saturated carbocycles. The van der Waals surface area contributed by atoms with E-state index >= 15 is 0 Å². The molecule has 0 fully saturated rings. The number of hydrogen-bond acceptors (Lipinski definition) is 7. The Morgan fingerprint density at radius 3 is 2.15 bits per heavy atom. The van der Waals surface area contributed by atoms with Crippen LogP contribution >= 0.6 is 0 Å². The van der Waals surface area contributed by atoms with Crippen LogP contribution < -0.4 is 9.47 Å². The maximum Gasteiger partial charge on any atom is 0.335 e. The molecule has 0 N–H and O–H groups in total. The first-order valence-corrected chi connectivity index (χ1v) is 8.27. The van der Waals surface area contributed by atoms with E-state index < -0.39 is 24.1 Å². The summed E-state index contributed by atoms with van der Waals surface area (Å²) in [5, 5.41) is 0. The van der Waals surface area contributed by atoms with Gasteiger partial charge in [0.1, 0.15) is 11.5 Å². The van der Waals surface area contributed by atoms with Crippen LogP contribution in [0.5, 0.6) is 11.5 Å². The topological polar surface area (TPSA) is 83.4 Å². The van der Waals surface area contributed by atoms with Crippen LogP contribution in [0, 0.1) is 0 Å². The van der Waals surface area contributed by atoms with Gasteiger partial charge in [0.2, 0.25) is 5.90 Å². The van der Waals surface area contributed by atoms with Crippen LogP contribution in [-0.4, -0.2) is 38.1 Å². The normalized spacial score (nSPS) is 18.3. The number of nitrogens with zero attached hydrogens (tertiary/aromatic N) is 1. The average molecular weight is 369 g/mol. The second-order valence-corrected chi connectivity index (χ2v) is 5.83. The molecule has 3 rings (SSSR count). The summed E-state index contributed by atoms with van der Waals surface area (Å²) in [6.07, 6.45) is -0.638. The van der Waals surface area contributed by atoms with E-state index in [4.69, 9.17) is 18.9 Å². The number of carbonyl (C=O) groups is 2. The average Bonchev–Trinajstić information content (AvgIpc) is 3.13. The summed E-state index contributed by atoms with van der Waals surface area (Å²) >= 11 is 0. The van der Waals surface area contributed by atoms with Crippen molar-refractivity contribution in [2.45, 2.75) is 19.1 Å².